The van der Waals surface area contributed by atoms with Crippen molar-refractivity contribution in [1.82, 2.24) is 15.2 Å². The van der Waals surface area contributed by atoms with Gasteiger partial charge in [-0.15, -0.1) is 0 Å². The molecule has 0 amide bonds. The lowest BCUT2D eigenvalue weighted by atomic mass is 9.98. The standard InChI is InChI=1S/C13H21N3O2S/c1-2-3-4-5-6-10-7-9(12(17)18-10)8-11-14-13(19)16-15-11/h9-10H,2-8H2,1H3,(H2,14,15,16,19)/t9-,10+/m1/s1. The zero-order valence-corrected chi connectivity index (χ0v) is 12.1. The SMILES string of the molecule is CCCCCC[C@H]1C[C@H](Cc2nc(=S)[nH][nH]2)C(=O)O1. The Morgan fingerprint density at radius 2 is 2.21 bits per heavy atom. The molecule has 0 spiro atoms. The van der Waals surface area contributed by atoms with E-state index >= 15 is 0 Å². The highest BCUT2D eigenvalue weighted by molar-refractivity contribution is 7.71. The van der Waals surface area contributed by atoms with Crippen LogP contribution in [0.5, 0.6) is 0 Å². The molecule has 5 nitrogen and oxygen atoms in total. The molecule has 1 saturated heterocycles. The molecule has 2 N–H and O–H groups in total. The molecule has 2 rings (SSSR count). The average Bonchev–Trinajstić information content (AvgIpc) is 2.93. The summed E-state index contributed by atoms with van der Waals surface area (Å²) in [5.41, 5.74) is 0. The lowest BCUT2D eigenvalue weighted by Gasteiger charge is -2.07. The number of H-pyrrole nitrogens is 2. The fourth-order valence-electron chi connectivity index (χ4n) is 2.50. The maximum absolute atomic E-state index is 11.8. The van der Waals surface area contributed by atoms with E-state index in [0.29, 0.717) is 11.2 Å². The van der Waals surface area contributed by atoms with Gasteiger partial charge in [-0.1, -0.05) is 26.2 Å². The molecular formula is C13H21N3O2S. The lowest BCUT2D eigenvalue weighted by Crippen LogP contribution is -2.11. The van der Waals surface area contributed by atoms with Gasteiger partial charge in [0.2, 0.25) is 4.77 Å². The Bertz CT molecular complexity index is 468. The van der Waals surface area contributed by atoms with Gasteiger partial charge in [-0.3, -0.25) is 15.0 Å². The summed E-state index contributed by atoms with van der Waals surface area (Å²) in [4.78, 5) is 15.9. The molecule has 6 heteroatoms. The second kappa shape index (κ2) is 6.84. The summed E-state index contributed by atoms with van der Waals surface area (Å²) in [5.74, 6) is 0.562. The molecule has 2 heterocycles. The number of aromatic nitrogens is 3. The van der Waals surface area contributed by atoms with E-state index in [2.05, 4.69) is 22.1 Å². The van der Waals surface area contributed by atoms with E-state index in [0.717, 1.165) is 25.1 Å². The normalized spacial score (nSPS) is 22.7. The third kappa shape index (κ3) is 4.16. The smallest absolute Gasteiger partial charge is 0.309 e. The predicted octanol–water partition coefficient (Wildman–Crippen LogP) is 2.91. The zero-order chi connectivity index (χ0) is 13.7. The number of cyclic esters (lactones) is 1. The lowest BCUT2D eigenvalue weighted by molar-refractivity contribution is -0.144. The maximum atomic E-state index is 11.8. The molecule has 1 aliphatic rings. The van der Waals surface area contributed by atoms with E-state index in [1.807, 2.05) is 0 Å². The summed E-state index contributed by atoms with van der Waals surface area (Å²) >= 11 is 4.89. The van der Waals surface area contributed by atoms with E-state index in [-0.39, 0.29) is 18.0 Å². The number of hydrogen-bond donors (Lipinski definition) is 2. The number of nitrogens with zero attached hydrogens (tertiary/aromatic N) is 1. The van der Waals surface area contributed by atoms with Gasteiger partial charge in [-0.05, 0) is 31.5 Å². The summed E-state index contributed by atoms with van der Waals surface area (Å²) in [6, 6.07) is 0. The van der Waals surface area contributed by atoms with Crippen LogP contribution >= 0.6 is 12.2 Å². The molecule has 1 aliphatic heterocycles. The highest BCUT2D eigenvalue weighted by atomic mass is 32.1. The summed E-state index contributed by atoms with van der Waals surface area (Å²) in [7, 11) is 0. The third-order valence-electron chi connectivity index (χ3n) is 3.53. The van der Waals surface area contributed by atoms with E-state index < -0.39 is 0 Å². The van der Waals surface area contributed by atoms with Crippen molar-refractivity contribution in [3.05, 3.63) is 10.6 Å². The maximum Gasteiger partial charge on any atom is 0.309 e. The number of esters is 1. The van der Waals surface area contributed by atoms with Crippen molar-refractivity contribution in [2.24, 2.45) is 5.92 Å². The fourth-order valence-corrected chi connectivity index (χ4v) is 2.66. The van der Waals surface area contributed by atoms with E-state index in [1.54, 1.807) is 0 Å². The second-order valence-electron chi connectivity index (χ2n) is 5.16. The second-order valence-corrected chi connectivity index (χ2v) is 5.55. The van der Waals surface area contributed by atoms with Crippen molar-refractivity contribution < 1.29 is 9.53 Å². The van der Waals surface area contributed by atoms with E-state index in [4.69, 9.17) is 17.0 Å². The average molecular weight is 283 g/mol. The number of aromatic amines is 2. The minimum Gasteiger partial charge on any atom is -0.462 e. The first-order chi connectivity index (χ1) is 9.19. The minimum atomic E-state index is -0.0946. The Kier molecular flexibility index (Phi) is 5.13. The van der Waals surface area contributed by atoms with Crippen LogP contribution in [-0.4, -0.2) is 27.3 Å². The van der Waals surface area contributed by atoms with Crippen LogP contribution in [0.4, 0.5) is 0 Å². The van der Waals surface area contributed by atoms with Gasteiger partial charge in [-0.25, -0.2) is 4.98 Å². The van der Waals surface area contributed by atoms with Gasteiger partial charge in [0, 0.05) is 6.42 Å². The number of hydrogen-bond acceptors (Lipinski definition) is 4. The fraction of sp³-hybridized carbons (Fsp3) is 0.769. The Hall–Kier alpha value is -1.17. The molecule has 2 atom stereocenters. The molecule has 1 fully saturated rings. The number of carbonyl (C=O) groups is 1. The number of carbonyl (C=O) groups excluding carboxylic acids is 1. The van der Waals surface area contributed by atoms with Gasteiger partial charge < -0.3 is 4.74 Å². The van der Waals surface area contributed by atoms with Gasteiger partial charge in [0.1, 0.15) is 11.9 Å². The summed E-state index contributed by atoms with van der Waals surface area (Å²) in [5, 5.41) is 5.62. The van der Waals surface area contributed by atoms with Gasteiger partial charge in [0.15, 0.2) is 0 Å². The predicted molar refractivity (Wildman–Crippen MR) is 74.2 cm³/mol. The molecular weight excluding hydrogens is 262 g/mol. The number of unbranched alkanes of at least 4 members (excludes halogenated alkanes) is 3. The Morgan fingerprint density at radius 3 is 2.89 bits per heavy atom. The Labute approximate surface area is 118 Å². The number of rotatable bonds is 7. The molecule has 0 aromatic carbocycles. The Morgan fingerprint density at radius 1 is 1.37 bits per heavy atom. The molecule has 106 valence electrons. The van der Waals surface area contributed by atoms with E-state index in [9.17, 15) is 4.79 Å². The molecule has 0 aliphatic carbocycles. The summed E-state index contributed by atoms with van der Waals surface area (Å²) in [6.07, 6.45) is 7.32. The largest absolute Gasteiger partial charge is 0.462 e. The molecule has 0 bridgehead atoms. The molecule has 1 aromatic heterocycles. The van der Waals surface area contributed by atoms with Crippen LogP contribution in [0, 0.1) is 10.7 Å². The van der Waals surface area contributed by atoms with Crippen LogP contribution < -0.4 is 0 Å². The molecule has 0 saturated carbocycles. The zero-order valence-electron chi connectivity index (χ0n) is 11.3. The number of ether oxygens (including phenoxy) is 1. The van der Waals surface area contributed by atoms with Crippen LogP contribution in [0.2, 0.25) is 0 Å². The Balaban J connectivity index is 1.77. The van der Waals surface area contributed by atoms with Crippen molar-refractivity contribution in [2.45, 2.75) is 58.0 Å². The molecule has 0 unspecified atom stereocenters. The number of nitrogens with one attached hydrogen (secondary N) is 2. The molecule has 0 radical (unpaired) electrons. The van der Waals surface area contributed by atoms with Gasteiger partial charge >= 0.3 is 5.97 Å². The first kappa shape index (κ1) is 14.2. The quantitative estimate of drug-likeness (QED) is 0.458. The van der Waals surface area contributed by atoms with Crippen molar-refractivity contribution in [2.75, 3.05) is 0 Å². The van der Waals surface area contributed by atoms with Gasteiger partial charge in [0.05, 0.1) is 5.92 Å². The van der Waals surface area contributed by atoms with Crippen LogP contribution in [0.25, 0.3) is 0 Å². The third-order valence-corrected chi connectivity index (χ3v) is 3.73. The van der Waals surface area contributed by atoms with Crippen LogP contribution in [0.3, 0.4) is 0 Å². The first-order valence-corrected chi connectivity index (χ1v) is 7.44. The monoisotopic (exact) mass is 283 g/mol. The van der Waals surface area contributed by atoms with E-state index in [1.165, 1.54) is 19.3 Å². The summed E-state index contributed by atoms with van der Waals surface area (Å²) < 4.78 is 5.84. The topological polar surface area (TPSA) is 70.8 Å². The van der Waals surface area contributed by atoms with Gasteiger partial charge in [0.25, 0.3) is 0 Å². The van der Waals surface area contributed by atoms with Crippen LogP contribution in [-0.2, 0) is 16.0 Å². The van der Waals surface area contributed by atoms with Crippen molar-refractivity contribution >= 4 is 18.2 Å². The highest BCUT2D eigenvalue weighted by Crippen LogP contribution is 2.27. The van der Waals surface area contributed by atoms with Crippen molar-refractivity contribution in [3.63, 3.8) is 0 Å². The first-order valence-electron chi connectivity index (χ1n) is 7.03. The van der Waals surface area contributed by atoms with Crippen LogP contribution in [0.15, 0.2) is 0 Å². The minimum absolute atomic E-state index is 0.0786. The van der Waals surface area contributed by atoms with Crippen molar-refractivity contribution in [1.29, 1.82) is 0 Å². The molecule has 1 aromatic rings. The van der Waals surface area contributed by atoms with Crippen molar-refractivity contribution in [3.8, 4) is 0 Å². The van der Waals surface area contributed by atoms with Crippen LogP contribution in [0.1, 0.15) is 51.3 Å². The molecule has 19 heavy (non-hydrogen) atoms. The highest BCUT2D eigenvalue weighted by Gasteiger charge is 2.34. The summed E-state index contributed by atoms with van der Waals surface area (Å²) in [6.45, 7) is 2.19. The van der Waals surface area contributed by atoms with Gasteiger partial charge in [-0.2, -0.15) is 0 Å².